The molecule has 1 aromatic heterocycles. The first-order valence-corrected chi connectivity index (χ1v) is 13.8. The molecule has 1 unspecified atom stereocenters. The van der Waals surface area contributed by atoms with Crippen LogP contribution in [0.1, 0.15) is 98.2 Å². The first-order valence-electron chi connectivity index (χ1n) is 13.0. The van der Waals surface area contributed by atoms with Crippen LogP contribution in [0, 0.1) is 36.0 Å². The van der Waals surface area contributed by atoms with Gasteiger partial charge in [-0.05, 0) is 74.3 Å². The molecule has 0 amide bonds. The van der Waals surface area contributed by atoms with Crippen LogP contribution in [0.2, 0.25) is 0 Å². The zero-order valence-electron chi connectivity index (χ0n) is 22.9. The first kappa shape index (κ1) is 28.8. The Morgan fingerprint density at radius 1 is 1.21 bits per heavy atom. The maximum atomic E-state index is 13.0. The number of cyclic esters (lactones) is 1. The Morgan fingerprint density at radius 3 is 2.50 bits per heavy atom. The fourth-order valence-electron chi connectivity index (χ4n) is 5.06. The summed E-state index contributed by atoms with van der Waals surface area (Å²) >= 11 is 1.61. The second-order valence-electron chi connectivity index (χ2n) is 11.4. The van der Waals surface area contributed by atoms with Crippen LogP contribution in [0.4, 0.5) is 0 Å². The van der Waals surface area contributed by atoms with Crippen LogP contribution in [-0.4, -0.2) is 28.3 Å². The third kappa shape index (κ3) is 7.78. The highest BCUT2D eigenvalue weighted by molar-refractivity contribution is 7.09. The molecule has 2 heterocycles. The average Bonchev–Trinajstić information content (AvgIpc) is 3.18. The van der Waals surface area contributed by atoms with Gasteiger partial charge in [0, 0.05) is 11.8 Å². The highest BCUT2D eigenvalue weighted by Gasteiger charge is 2.40. The van der Waals surface area contributed by atoms with Gasteiger partial charge in [0.2, 0.25) is 0 Å². The van der Waals surface area contributed by atoms with Gasteiger partial charge in [-0.1, -0.05) is 59.6 Å². The Kier molecular flexibility index (Phi) is 10.6. The van der Waals surface area contributed by atoms with Gasteiger partial charge in [0.05, 0.1) is 23.2 Å². The monoisotopic (exact) mass is 489 g/mol. The van der Waals surface area contributed by atoms with E-state index in [1.165, 1.54) is 18.4 Å². The lowest BCUT2D eigenvalue weighted by atomic mass is 9.64. The van der Waals surface area contributed by atoms with E-state index in [4.69, 9.17) is 4.74 Å². The zero-order valence-corrected chi connectivity index (χ0v) is 23.7. The number of nitrogens with zero attached hydrogens (tertiary/aromatic N) is 1. The SMILES string of the molecule is C/C1=C/C[C@@H](/C(C)=C/c2csc(C)n2)OC(=O)CC(O)C(C)(C)[C@H](C)[C@H](C)[C@@H](C)[C@@H](C)CCC1. The Balaban J connectivity index is 2.32. The highest BCUT2D eigenvalue weighted by Crippen LogP contribution is 2.42. The lowest BCUT2D eigenvalue weighted by Gasteiger charge is -2.42. The summed E-state index contributed by atoms with van der Waals surface area (Å²) < 4.78 is 5.97. The van der Waals surface area contributed by atoms with Gasteiger partial charge < -0.3 is 9.84 Å². The molecule has 0 aromatic carbocycles. The Hall–Kier alpha value is -1.46. The summed E-state index contributed by atoms with van der Waals surface area (Å²) in [7, 11) is 0. The van der Waals surface area contributed by atoms with E-state index in [9.17, 15) is 9.90 Å². The average molecular weight is 490 g/mol. The number of aliphatic hydroxyl groups excluding tert-OH is 1. The number of hydrogen-bond acceptors (Lipinski definition) is 5. The summed E-state index contributed by atoms with van der Waals surface area (Å²) in [6, 6.07) is 0. The zero-order chi connectivity index (χ0) is 25.6. The lowest BCUT2D eigenvalue weighted by Crippen LogP contribution is -2.42. The number of aromatic nitrogens is 1. The van der Waals surface area contributed by atoms with E-state index in [2.05, 4.69) is 59.5 Å². The summed E-state index contributed by atoms with van der Waals surface area (Å²) in [5.41, 5.74) is 2.82. The van der Waals surface area contributed by atoms with E-state index < -0.39 is 11.5 Å². The molecule has 5 heteroatoms. The molecule has 1 aliphatic rings. The van der Waals surface area contributed by atoms with E-state index in [1.807, 2.05) is 25.3 Å². The van der Waals surface area contributed by atoms with Crippen LogP contribution in [0.5, 0.6) is 0 Å². The topological polar surface area (TPSA) is 59.4 Å². The number of ether oxygens (including phenoxy) is 1. The van der Waals surface area contributed by atoms with Gasteiger partial charge in [-0.25, -0.2) is 4.98 Å². The normalized spacial score (nSPS) is 34.2. The molecule has 0 radical (unpaired) electrons. The second kappa shape index (κ2) is 12.5. The minimum absolute atomic E-state index is 0.0102. The Bertz CT molecular complexity index is 868. The summed E-state index contributed by atoms with van der Waals surface area (Å²) in [5, 5.41) is 14.2. The van der Waals surface area contributed by atoms with Gasteiger partial charge >= 0.3 is 5.97 Å². The summed E-state index contributed by atoms with van der Waals surface area (Å²) in [5.74, 6) is 1.55. The lowest BCUT2D eigenvalue weighted by molar-refractivity contribution is -0.152. The van der Waals surface area contributed by atoms with Crippen LogP contribution in [0.25, 0.3) is 6.08 Å². The molecule has 1 aromatic rings. The minimum atomic E-state index is -0.753. The predicted molar refractivity (Wildman–Crippen MR) is 144 cm³/mol. The molecule has 0 saturated carbocycles. The molecule has 34 heavy (non-hydrogen) atoms. The van der Waals surface area contributed by atoms with E-state index in [0.29, 0.717) is 24.2 Å². The van der Waals surface area contributed by atoms with E-state index in [-0.39, 0.29) is 24.4 Å². The van der Waals surface area contributed by atoms with Crippen molar-refractivity contribution in [2.24, 2.45) is 29.1 Å². The molecule has 2 rings (SSSR count). The highest BCUT2D eigenvalue weighted by atomic mass is 32.1. The van der Waals surface area contributed by atoms with Crippen LogP contribution in [0.15, 0.2) is 22.6 Å². The number of carbonyl (C=O) groups excluding carboxylic acids is 1. The Morgan fingerprint density at radius 2 is 1.88 bits per heavy atom. The number of aryl methyl sites for hydroxylation is 1. The number of allylic oxidation sites excluding steroid dienone is 1. The van der Waals surface area contributed by atoms with Crippen molar-refractivity contribution < 1.29 is 14.6 Å². The first-order chi connectivity index (χ1) is 15.8. The fraction of sp³-hybridized carbons (Fsp3) is 0.724. The largest absolute Gasteiger partial charge is 0.457 e. The standard InChI is InChI=1S/C29H47NO3S/c1-18-11-10-12-19(2)21(4)22(5)23(6)29(8,9)27(31)16-28(32)33-26(14-13-18)20(3)15-25-17-34-24(7)30-25/h13,15,17,19,21-23,26-27,31H,10-12,14,16H2,1-9H3/b18-13-,20-15+/t19-,21-,22+,23+,26-,27?/m0/s1. The number of hydrogen-bond donors (Lipinski definition) is 1. The number of esters is 1. The van der Waals surface area contributed by atoms with Crippen molar-refractivity contribution in [1.82, 2.24) is 4.98 Å². The van der Waals surface area contributed by atoms with Crippen molar-refractivity contribution in [2.45, 2.75) is 107 Å². The number of carbonyl (C=O) groups is 1. The van der Waals surface area contributed by atoms with Gasteiger partial charge in [-0.15, -0.1) is 11.3 Å². The van der Waals surface area contributed by atoms with Gasteiger partial charge in [-0.2, -0.15) is 0 Å². The second-order valence-corrected chi connectivity index (χ2v) is 12.4. The smallest absolute Gasteiger partial charge is 0.309 e. The summed E-state index contributed by atoms with van der Waals surface area (Å²) in [6.07, 6.45) is 7.20. The van der Waals surface area contributed by atoms with Crippen LogP contribution in [0.3, 0.4) is 0 Å². The van der Waals surface area contributed by atoms with Crippen molar-refractivity contribution in [3.05, 3.63) is 33.3 Å². The van der Waals surface area contributed by atoms with Gasteiger partial charge in [-0.3, -0.25) is 4.79 Å². The Labute approximate surface area is 211 Å². The molecular weight excluding hydrogens is 442 g/mol. The van der Waals surface area contributed by atoms with Crippen molar-refractivity contribution >= 4 is 23.4 Å². The van der Waals surface area contributed by atoms with Crippen molar-refractivity contribution in [1.29, 1.82) is 0 Å². The maximum Gasteiger partial charge on any atom is 0.309 e. The molecule has 1 aliphatic heterocycles. The van der Waals surface area contributed by atoms with E-state index in [0.717, 1.165) is 22.7 Å². The third-order valence-electron chi connectivity index (χ3n) is 8.61. The maximum absolute atomic E-state index is 13.0. The molecule has 192 valence electrons. The summed E-state index contributed by atoms with van der Waals surface area (Å²) in [6.45, 7) is 19.6. The molecule has 1 N–H and O–H groups in total. The third-order valence-corrected chi connectivity index (χ3v) is 9.40. The molecule has 0 saturated heterocycles. The van der Waals surface area contributed by atoms with Gasteiger partial charge in [0.15, 0.2) is 0 Å². The number of thiazole rings is 1. The van der Waals surface area contributed by atoms with Crippen molar-refractivity contribution in [3.8, 4) is 0 Å². The van der Waals surface area contributed by atoms with Crippen LogP contribution < -0.4 is 0 Å². The fourth-order valence-corrected chi connectivity index (χ4v) is 5.63. The molecule has 0 spiro atoms. The van der Waals surface area contributed by atoms with E-state index in [1.54, 1.807) is 11.3 Å². The van der Waals surface area contributed by atoms with Crippen LogP contribution >= 0.6 is 11.3 Å². The van der Waals surface area contributed by atoms with Gasteiger partial charge in [0.1, 0.15) is 6.10 Å². The summed E-state index contributed by atoms with van der Waals surface area (Å²) in [4.78, 5) is 17.5. The minimum Gasteiger partial charge on any atom is -0.457 e. The molecule has 0 bridgehead atoms. The van der Waals surface area contributed by atoms with Gasteiger partial charge in [0.25, 0.3) is 0 Å². The molecular formula is C29H47NO3S. The van der Waals surface area contributed by atoms with Crippen molar-refractivity contribution in [3.63, 3.8) is 0 Å². The number of rotatable bonds is 2. The molecule has 6 atom stereocenters. The molecule has 4 nitrogen and oxygen atoms in total. The molecule has 0 fully saturated rings. The molecule has 0 aliphatic carbocycles. The van der Waals surface area contributed by atoms with Crippen LogP contribution in [-0.2, 0) is 9.53 Å². The quantitative estimate of drug-likeness (QED) is 0.343. The predicted octanol–water partition coefficient (Wildman–Crippen LogP) is 7.61. The number of aliphatic hydroxyl groups is 1. The van der Waals surface area contributed by atoms with Crippen molar-refractivity contribution in [2.75, 3.05) is 0 Å². The van der Waals surface area contributed by atoms with E-state index >= 15 is 0 Å².